The Labute approximate surface area is 437 Å². The molecule has 0 spiro atoms. The minimum Gasteiger partial charge on any atom is -0.508 e. The van der Waals surface area contributed by atoms with E-state index in [1.807, 2.05) is 18.5 Å². The summed E-state index contributed by atoms with van der Waals surface area (Å²) in [5, 5.41) is 10.7. The van der Waals surface area contributed by atoms with Gasteiger partial charge < -0.3 is 23.8 Å². The van der Waals surface area contributed by atoms with Crippen LogP contribution >= 0.6 is 0 Å². The molecule has 0 radical (unpaired) electrons. The number of rotatable bonds is 6. The number of nitrogens with zero attached hydrogens (tertiary/aromatic N) is 5. The molecule has 1 aliphatic rings. The Morgan fingerprint density at radius 2 is 1.18 bits per heavy atom. The molecule has 0 aliphatic carbocycles. The van der Waals surface area contributed by atoms with Crippen LogP contribution in [-0.4, -0.2) is 27.2 Å². The third kappa shape index (κ3) is 8.04. The molecule has 0 saturated carbocycles. The molecule has 0 saturated heterocycles. The first kappa shape index (κ1) is 47.2. The summed E-state index contributed by atoms with van der Waals surface area (Å²) in [7, 11) is -1.74. The van der Waals surface area contributed by atoms with Crippen molar-refractivity contribution in [2.45, 2.75) is 72.0 Å². The first-order chi connectivity index (χ1) is 34.1. The van der Waals surface area contributed by atoms with Gasteiger partial charge in [-0.25, -0.2) is 4.98 Å². The SMILES string of the molecule is CC(C)(C)c1cc(-c2cccc3c4ccccc4c4ccccc4c4cccc5c4n(c23)[CH-]N5c2[c-]c(Oc3[c-]c4c(cc3)c3ccccc3n4-c3cc(C(C)(C)C)ccn3)cnc2)cc([Si](C)(C)C)c1.[Pt]. The number of pyridine rings is 2. The Morgan fingerprint density at radius 3 is 1.86 bits per heavy atom. The van der Waals surface area contributed by atoms with E-state index in [4.69, 9.17) is 14.7 Å². The molecule has 5 heterocycles. The summed E-state index contributed by atoms with van der Waals surface area (Å²) in [6, 6.07) is 62.7. The molecule has 11 aromatic rings. The average molecular weight is 1130 g/mol. The molecule has 8 heteroatoms. The number of hydrogen-bond acceptors (Lipinski definition) is 4. The number of fused-ring (bicyclic) bond motifs is 10. The van der Waals surface area contributed by atoms with Crippen molar-refractivity contribution >= 4 is 89.8 Å². The smallest absolute Gasteiger partial charge is 0.135 e. The fourth-order valence-corrected chi connectivity index (χ4v) is 11.6. The molecule has 12 rings (SSSR count). The van der Waals surface area contributed by atoms with Crippen LogP contribution in [0, 0.1) is 18.8 Å². The van der Waals surface area contributed by atoms with Crippen molar-refractivity contribution in [1.82, 2.24) is 19.1 Å². The summed E-state index contributed by atoms with van der Waals surface area (Å²) < 4.78 is 11.3. The monoisotopic (exact) mass is 1130 g/mol. The quantitative estimate of drug-likeness (QED) is 0.123. The minimum atomic E-state index is -1.74. The molecule has 6 nitrogen and oxygen atoms in total. The fraction of sp³-hybridized carbons (Fsp3) is 0.172. The van der Waals surface area contributed by atoms with E-state index in [2.05, 4.69) is 240 Å². The summed E-state index contributed by atoms with van der Waals surface area (Å²) in [4.78, 5) is 11.9. The van der Waals surface area contributed by atoms with Crippen LogP contribution in [0.2, 0.25) is 19.6 Å². The molecule has 7 aromatic carbocycles. The van der Waals surface area contributed by atoms with Crippen LogP contribution in [0.5, 0.6) is 11.5 Å². The Bertz CT molecular complexity index is 4000. The Balaban J connectivity index is 0.00000560. The molecular formula is C64H56N5OPtSi-3. The zero-order chi connectivity index (χ0) is 49.0. The van der Waals surface area contributed by atoms with Gasteiger partial charge in [0.05, 0.1) is 8.07 Å². The van der Waals surface area contributed by atoms with Gasteiger partial charge in [0.25, 0.3) is 0 Å². The third-order valence-corrected chi connectivity index (χ3v) is 16.3. The summed E-state index contributed by atoms with van der Waals surface area (Å²) in [6.07, 6.45) is 5.50. The van der Waals surface area contributed by atoms with Crippen LogP contribution in [0.1, 0.15) is 52.7 Å². The van der Waals surface area contributed by atoms with Gasteiger partial charge in [-0.2, -0.15) is 6.07 Å². The second kappa shape index (κ2) is 17.5. The minimum absolute atomic E-state index is 0. The standard InChI is InChI=1S/C64H56N5OSi.Pt/c1-63(2,3)42-30-31-66-60(35-42)69-57-26-15-14-22-53(57)54-29-28-45(37-59(54)69)70-46-36-44(38-65-39-46)67-40-68-61-48(41-32-43(64(4,5)6)34-47(33-41)71(7,8)9)23-16-24-55(61)51-20-12-10-18-49(51)50-19-11-13-21-52(50)56-25-17-27-58(67)62(56)68;/h10-35,38-40H,1-9H3;/q-3;. The summed E-state index contributed by atoms with van der Waals surface area (Å²) >= 11 is 0. The van der Waals surface area contributed by atoms with Gasteiger partial charge in [0.2, 0.25) is 0 Å². The van der Waals surface area contributed by atoms with E-state index in [0.717, 1.165) is 60.8 Å². The zero-order valence-electron chi connectivity index (χ0n) is 42.2. The van der Waals surface area contributed by atoms with E-state index in [-0.39, 0.29) is 31.9 Å². The van der Waals surface area contributed by atoms with E-state index < -0.39 is 8.07 Å². The molecular weight excluding hydrogens is 1080 g/mol. The van der Waals surface area contributed by atoms with Gasteiger partial charge in [0, 0.05) is 50.0 Å². The average Bonchev–Trinajstić information content (AvgIpc) is 3.92. The van der Waals surface area contributed by atoms with E-state index in [0.29, 0.717) is 11.5 Å². The normalized spacial score (nSPS) is 12.8. The van der Waals surface area contributed by atoms with E-state index in [1.165, 1.54) is 49.0 Å². The molecule has 360 valence electrons. The molecule has 4 aromatic heterocycles. The van der Waals surface area contributed by atoms with Gasteiger partial charge in [-0.05, 0) is 119 Å². The number of aromatic nitrogens is 4. The van der Waals surface area contributed by atoms with Gasteiger partial charge >= 0.3 is 0 Å². The predicted octanol–water partition coefficient (Wildman–Crippen LogP) is 16.4. The van der Waals surface area contributed by atoms with E-state index in [9.17, 15) is 0 Å². The van der Waals surface area contributed by atoms with Crippen molar-refractivity contribution in [3.63, 3.8) is 0 Å². The number of ether oxygens (including phenoxy) is 1. The van der Waals surface area contributed by atoms with Gasteiger partial charge in [-0.3, -0.25) is 0 Å². The fourth-order valence-electron chi connectivity index (χ4n) is 10.4. The summed E-state index contributed by atoms with van der Waals surface area (Å²) in [6.45, 7) is 23.2. The predicted molar refractivity (Wildman–Crippen MR) is 300 cm³/mol. The molecule has 0 amide bonds. The van der Waals surface area contributed by atoms with Crippen LogP contribution in [0.15, 0.2) is 170 Å². The first-order valence-corrected chi connectivity index (χ1v) is 28.1. The molecule has 0 atom stereocenters. The molecule has 0 N–H and O–H groups in total. The van der Waals surface area contributed by atoms with Crippen LogP contribution in [0.3, 0.4) is 0 Å². The maximum absolute atomic E-state index is 6.72. The van der Waals surface area contributed by atoms with E-state index >= 15 is 0 Å². The summed E-state index contributed by atoms with van der Waals surface area (Å²) in [5.41, 5.74) is 10.8. The molecule has 1 aliphatic heterocycles. The Morgan fingerprint density at radius 1 is 0.556 bits per heavy atom. The Kier molecular flexibility index (Phi) is 11.5. The second-order valence-electron chi connectivity index (χ2n) is 22.1. The number of anilines is 2. The molecule has 0 bridgehead atoms. The summed E-state index contributed by atoms with van der Waals surface area (Å²) in [5.74, 6) is 1.88. The second-order valence-corrected chi connectivity index (χ2v) is 27.2. The largest absolute Gasteiger partial charge is 0.508 e. The van der Waals surface area contributed by atoms with Crippen LogP contribution in [0.25, 0.3) is 82.1 Å². The van der Waals surface area contributed by atoms with Crippen molar-refractivity contribution in [3.8, 4) is 28.4 Å². The maximum Gasteiger partial charge on any atom is 0.135 e. The Hall–Kier alpha value is -7.18. The van der Waals surface area contributed by atoms with Crippen molar-refractivity contribution in [2.24, 2.45) is 0 Å². The van der Waals surface area contributed by atoms with Crippen molar-refractivity contribution < 1.29 is 25.8 Å². The first-order valence-electron chi connectivity index (χ1n) is 24.6. The maximum atomic E-state index is 6.72. The molecule has 72 heavy (non-hydrogen) atoms. The number of para-hydroxylation sites is 3. The van der Waals surface area contributed by atoms with Crippen LogP contribution < -0.4 is 14.8 Å². The van der Waals surface area contributed by atoms with Crippen LogP contribution in [-0.2, 0) is 31.9 Å². The number of benzene rings is 7. The zero-order valence-corrected chi connectivity index (χ0v) is 45.5. The van der Waals surface area contributed by atoms with Crippen LogP contribution in [0.4, 0.5) is 11.4 Å². The van der Waals surface area contributed by atoms with Gasteiger partial charge in [0.1, 0.15) is 5.82 Å². The topological polar surface area (TPSA) is 48.1 Å². The van der Waals surface area contributed by atoms with E-state index in [1.54, 1.807) is 6.20 Å². The van der Waals surface area contributed by atoms with Gasteiger partial charge in [-0.1, -0.05) is 199 Å². The molecule has 0 fully saturated rings. The van der Waals surface area contributed by atoms with Crippen molar-refractivity contribution in [3.05, 3.63) is 200 Å². The van der Waals surface area contributed by atoms with Crippen molar-refractivity contribution in [1.29, 1.82) is 0 Å². The van der Waals surface area contributed by atoms with Gasteiger partial charge in [-0.15, -0.1) is 23.6 Å². The van der Waals surface area contributed by atoms with Crippen molar-refractivity contribution in [2.75, 3.05) is 4.90 Å². The third-order valence-electron chi connectivity index (χ3n) is 14.2. The molecule has 0 unspecified atom stereocenters. The van der Waals surface area contributed by atoms with Gasteiger partial charge in [0.15, 0.2) is 0 Å². The number of hydrogen-bond donors (Lipinski definition) is 0.